The molecule has 0 radical (unpaired) electrons. The Morgan fingerprint density at radius 3 is 2.54 bits per heavy atom. The molecule has 3 heterocycles. The largest absolute Gasteiger partial charge is 0.870 e. The fourth-order valence-corrected chi connectivity index (χ4v) is 6.22. The number of para-hydroxylation sites is 2. The van der Waals surface area contributed by atoms with Crippen molar-refractivity contribution < 1.29 is 32.2 Å². The van der Waals surface area contributed by atoms with Gasteiger partial charge < -0.3 is 29.7 Å². The van der Waals surface area contributed by atoms with Gasteiger partial charge in [0.1, 0.15) is 6.54 Å². The molecule has 0 saturated heterocycles. The number of aromatic nitrogens is 1. The van der Waals surface area contributed by atoms with Crippen molar-refractivity contribution in [3.8, 4) is 5.75 Å². The van der Waals surface area contributed by atoms with Gasteiger partial charge in [-0.2, -0.15) is 13.0 Å². The molecule has 3 N–H and O–H groups in total. The molecule has 0 bridgehead atoms. The molecule has 2 aliphatic heterocycles. The molecule has 13 heteroatoms. The summed E-state index contributed by atoms with van der Waals surface area (Å²) < 4.78 is 43.9. The van der Waals surface area contributed by atoms with E-state index in [9.17, 15) is 8.42 Å². The summed E-state index contributed by atoms with van der Waals surface area (Å²) in [6.45, 7) is 9.40. The molecule has 3 aromatic carbocycles. The Balaban J connectivity index is 0.000000210. The second-order valence-electron chi connectivity index (χ2n) is 10.8. The molecule has 0 unspecified atom stereocenters. The number of allylic oxidation sites excluding steroid dienone is 2. The predicted molar refractivity (Wildman–Crippen MR) is 184 cm³/mol. The first-order valence-electron chi connectivity index (χ1n) is 14.9. The van der Waals surface area contributed by atoms with Crippen molar-refractivity contribution in [3.05, 3.63) is 94.1 Å². The van der Waals surface area contributed by atoms with Crippen molar-refractivity contribution in [1.29, 1.82) is 0 Å². The van der Waals surface area contributed by atoms with Gasteiger partial charge in [0.2, 0.25) is 5.58 Å². The van der Waals surface area contributed by atoms with Gasteiger partial charge in [-0.15, -0.1) is 0 Å². The Labute approximate surface area is 279 Å². The van der Waals surface area contributed by atoms with Gasteiger partial charge in [0.05, 0.1) is 40.6 Å². The molecule has 0 fully saturated rings. The highest BCUT2D eigenvalue weighted by Crippen LogP contribution is 2.38. The number of hydrogen-bond acceptors (Lipinski definition) is 8. The van der Waals surface area contributed by atoms with Crippen molar-refractivity contribution in [2.45, 2.75) is 40.2 Å². The SMILES string of the molecule is CCN1CN(CCCCS(=O)(=O)O)c2cc(Cl)ccc21.CC[n+]1c(C=CC=C2Nc3ccccc3O2)oc2cc(C)c(Cl)cc21.[OH-]. The molecule has 4 aromatic rings. The van der Waals surface area contributed by atoms with E-state index >= 15 is 0 Å². The zero-order valence-electron chi connectivity index (χ0n) is 25.9. The molecule has 0 saturated carbocycles. The van der Waals surface area contributed by atoms with Crippen LogP contribution in [0.5, 0.6) is 5.75 Å². The van der Waals surface area contributed by atoms with Crippen LogP contribution < -0.4 is 24.4 Å². The number of nitrogens with one attached hydrogen (secondary N) is 1. The van der Waals surface area contributed by atoms with Gasteiger partial charge in [0, 0.05) is 24.2 Å². The number of oxazole rings is 1. The highest BCUT2D eigenvalue weighted by Gasteiger charge is 2.25. The fraction of sp³-hybridized carbons (Fsp3) is 0.303. The van der Waals surface area contributed by atoms with Crippen LogP contribution in [0.1, 0.15) is 38.1 Å². The smallest absolute Gasteiger partial charge is 0.374 e. The van der Waals surface area contributed by atoms with E-state index in [2.05, 4.69) is 33.5 Å². The lowest BCUT2D eigenvalue weighted by atomic mass is 10.2. The van der Waals surface area contributed by atoms with Crippen molar-refractivity contribution in [2.24, 2.45) is 0 Å². The Hall–Kier alpha value is -3.74. The summed E-state index contributed by atoms with van der Waals surface area (Å²) in [5, 5.41) is 4.67. The average Bonchev–Trinajstić information content (AvgIpc) is 3.68. The van der Waals surface area contributed by atoms with Crippen LogP contribution in [0.4, 0.5) is 17.1 Å². The zero-order valence-corrected chi connectivity index (χ0v) is 28.2. The normalized spacial score (nSPS) is 14.5. The van der Waals surface area contributed by atoms with Gasteiger partial charge in [-0.1, -0.05) is 35.3 Å². The van der Waals surface area contributed by atoms with Crippen LogP contribution >= 0.6 is 23.2 Å². The number of rotatable bonds is 9. The topological polar surface area (TPSA) is 129 Å². The summed E-state index contributed by atoms with van der Waals surface area (Å²) in [7, 11) is -3.85. The molecule has 6 rings (SSSR count). The minimum atomic E-state index is -3.85. The van der Waals surface area contributed by atoms with Crippen LogP contribution in [0, 0.1) is 6.92 Å². The fourth-order valence-electron chi connectivity index (χ4n) is 5.33. The lowest BCUT2D eigenvalue weighted by Gasteiger charge is -2.20. The molecule has 46 heavy (non-hydrogen) atoms. The third-order valence-electron chi connectivity index (χ3n) is 7.60. The Kier molecular flexibility index (Phi) is 11.6. The van der Waals surface area contributed by atoms with Crippen LogP contribution in [0.25, 0.3) is 17.2 Å². The second kappa shape index (κ2) is 15.2. The maximum atomic E-state index is 10.7. The quantitative estimate of drug-likeness (QED) is 0.104. The van der Waals surface area contributed by atoms with E-state index in [4.69, 9.17) is 36.9 Å². The molecule has 0 amide bonds. The van der Waals surface area contributed by atoms with Gasteiger partial charge in [0.25, 0.3) is 15.6 Å². The highest BCUT2D eigenvalue weighted by atomic mass is 35.5. The number of hydrogen-bond donors (Lipinski definition) is 2. The summed E-state index contributed by atoms with van der Waals surface area (Å²) in [5.41, 5.74) is 6.05. The van der Waals surface area contributed by atoms with E-state index in [-0.39, 0.29) is 11.2 Å². The van der Waals surface area contributed by atoms with Crippen LogP contribution in [-0.2, 0) is 16.7 Å². The predicted octanol–water partition coefficient (Wildman–Crippen LogP) is 7.50. The van der Waals surface area contributed by atoms with E-state index in [0.29, 0.717) is 23.7 Å². The Morgan fingerprint density at radius 1 is 1.04 bits per heavy atom. The van der Waals surface area contributed by atoms with Gasteiger partial charge in [0.15, 0.2) is 11.6 Å². The van der Waals surface area contributed by atoms with E-state index in [1.165, 1.54) is 0 Å². The molecule has 2 aliphatic rings. The Morgan fingerprint density at radius 2 is 1.83 bits per heavy atom. The summed E-state index contributed by atoms with van der Waals surface area (Å²) >= 11 is 12.3. The second-order valence-corrected chi connectivity index (χ2v) is 13.2. The van der Waals surface area contributed by atoms with Gasteiger partial charge in [-0.3, -0.25) is 4.55 Å². The maximum absolute atomic E-state index is 10.7. The van der Waals surface area contributed by atoms with Crippen LogP contribution in [-0.4, -0.2) is 44.0 Å². The van der Waals surface area contributed by atoms with E-state index in [1.54, 1.807) is 0 Å². The van der Waals surface area contributed by atoms with E-state index in [1.807, 2.05) is 79.7 Å². The number of anilines is 3. The molecule has 0 aliphatic carbocycles. The highest BCUT2D eigenvalue weighted by molar-refractivity contribution is 7.85. The standard InChI is InChI=1S/C20H17ClN2O2.C13H19ClN2O3S.H2O/c1-3-23-16-12-14(21)13(2)11-18(16)25-20(23)10-6-9-19-22-15-7-4-5-8-17(15)24-19;1-2-15-10-16(7-3-4-8-20(17,18)19)13-9-11(14)5-6-12(13)15;/h4-12H,3H2,1-2H3;5-6,9H,2-4,7-8,10H2,1H3,(H,17,18,19);1H2. The van der Waals surface area contributed by atoms with E-state index < -0.39 is 10.1 Å². The van der Waals surface area contributed by atoms with Crippen molar-refractivity contribution in [1.82, 2.24) is 0 Å². The van der Waals surface area contributed by atoms with Crippen molar-refractivity contribution >= 4 is 67.6 Å². The first-order chi connectivity index (χ1) is 21.6. The summed E-state index contributed by atoms with van der Waals surface area (Å²) in [5.74, 6) is 2.11. The number of halogens is 2. The molecular formula is C33H38Cl2N4O6S. The Bertz CT molecular complexity index is 1830. The lowest BCUT2D eigenvalue weighted by molar-refractivity contribution is -0.674. The third-order valence-corrected chi connectivity index (χ3v) is 9.05. The molecule has 1 aromatic heterocycles. The molecule has 0 spiro atoms. The average molecular weight is 690 g/mol. The summed E-state index contributed by atoms with van der Waals surface area (Å²) in [6, 6.07) is 17.6. The van der Waals surface area contributed by atoms with Crippen LogP contribution in [0.15, 0.2) is 77.0 Å². The zero-order chi connectivity index (χ0) is 32.1. The van der Waals surface area contributed by atoms with Gasteiger partial charge >= 0.3 is 5.89 Å². The van der Waals surface area contributed by atoms with Crippen LogP contribution in [0.2, 0.25) is 10.0 Å². The van der Waals surface area contributed by atoms with Crippen LogP contribution in [0.3, 0.4) is 0 Å². The molecule has 10 nitrogen and oxygen atoms in total. The third kappa shape index (κ3) is 8.34. The number of benzene rings is 3. The van der Waals surface area contributed by atoms with Gasteiger partial charge in [-0.25, -0.2) is 0 Å². The number of ether oxygens (including phenoxy) is 1. The number of nitrogens with zero attached hydrogens (tertiary/aromatic N) is 3. The number of aryl methyl sites for hydroxylation is 2. The summed E-state index contributed by atoms with van der Waals surface area (Å²) in [4.78, 5) is 4.43. The molecule has 246 valence electrons. The minimum absolute atomic E-state index is 0. The minimum Gasteiger partial charge on any atom is -0.870 e. The lowest BCUT2D eigenvalue weighted by Crippen LogP contribution is -2.33. The monoisotopic (exact) mass is 688 g/mol. The maximum Gasteiger partial charge on any atom is 0.374 e. The van der Waals surface area contributed by atoms with Crippen molar-refractivity contribution in [3.63, 3.8) is 0 Å². The number of fused-ring (bicyclic) bond motifs is 3. The van der Waals surface area contributed by atoms with E-state index in [0.717, 1.165) is 76.7 Å². The number of unbranched alkanes of at least 4 members (excludes halogenated alkanes) is 1. The molecular weight excluding hydrogens is 651 g/mol. The van der Waals surface area contributed by atoms with Gasteiger partial charge in [-0.05, 0) is 87.7 Å². The van der Waals surface area contributed by atoms with Crippen molar-refractivity contribution in [2.75, 3.05) is 40.6 Å². The molecule has 0 atom stereocenters. The summed E-state index contributed by atoms with van der Waals surface area (Å²) in [6.07, 6.45) is 6.88. The first-order valence-corrected chi connectivity index (χ1v) is 17.2. The first kappa shape index (κ1) is 35.1.